The Kier molecular flexibility index (Phi) is 1.90. The molecule has 2 N–H and O–H groups in total. The Morgan fingerprint density at radius 1 is 1.25 bits per heavy atom. The van der Waals surface area contributed by atoms with Crippen molar-refractivity contribution in [3.05, 3.63) is 48.8 Å². The monoisotopic (exact) mass is 209 g/mol. The van der Waals surface area contributed by atoms with Crippen molar-refractivity contribution >= 4 is 10.9 Å². The van der Waals surface area contributed by atoms with Crippen molar-refractivity contribution < 1.29 is 5.11 Å². The molecule has 0 bridgehead atoms. The normalized spacial score (nSPS) is 10.8. The Morgan fingerprint density at radius 2 is 2.19 bits per heavy atom. The molecule has 0 fully saturated rings. The lowest BCUT2D eigenvalue weighted by Gasteiger charge is -2.00. The Balaban J connectivity index is 2.14. The van der Waals surface area contributed by atoms with E-state index < -0.39 is 0 Å². The fraction of sp³-hybridized carbons (Fsp3) is 0. The van der Waals surface area contributed by atoms with Gasteiger partial charge in [-0.2, -0.15) is 0 Å². The molecule has 0 unspecified atom stereocenters. The SMILES string of the molecule is Oc1c[c]c(-c2ccc3cc[nH]c3c2)nc1. The summed E-state index contributed by atoms with van der Waals surface area (Å²) in [5, 5.41) is 10.3. The van der Waals surface area contributed by atoms with Gasteiger partial charge in [0.15, 0.2) is 0 Å². The van der Waals surface area contributed by atoms with Gasteiger partial charge >= 0.3 is 0 Å². The van der Waals surface area contributed by atoms with Gasteiger partial charge in [0.25, 0.3) is 0 Å². The smallest absolute Gasteiger partial charge is 0.134 e. The van der Waals surface area contributed by atoms with Crippen molar-refractivity contribution in [1.29, 1.82) is 0 Å². The number of nitrogens with zero attached hydrogens (tertiary/aromatic N) is 1. The number of pyridine rings is 1. The van der Waals surface area contributed by atoms with E-state index in [1.165, 1.54) is 17.6 Å². The average Bonchev–Trinajstić information content (AvgIpc) is 2.77. The summed E-state index contributed by atoms with van der Waals surface area (Å²) in [6, 6.07) is 12.5. The summed E-state index contributed by atoms with van der Waals surface area (Å²) < 4.78 is 0. The number of aromatic hydroxyl groups is 1. The number of rotatable bonds is 1. The van der Waals surface area contributed by atoms with Crippen LogP contribution in [0.3, 0.4) is 0 Å². The van der Waals surface area contributed by atoms with Gasteiger partial charge in [-0.05, 0) is 23.6 Å². The zero-order valence-electron chi connectivity index (χ0n) is 8.44. The summed E-state index contributed by atoms with van der Waals surface area (Å²) in [6.07, 6.45) is 3.33. The minimum atomic E-state index is 0.129. The second-order valence-corrected chi connectivity index (χ2v) is 3.60. The molecule has 0 atom stereocenters. The highest BCUT2D eigenvalue weighted by atomic mass is 16.3. The van der Waals surface area contributed by atoms with Crippen LogP contribution in [0, 0.1) is 6.07 Å². The molecule has 16 heavy (non-hydrogen) atoms. The second kappa shape index (κ2) is 3.38. The highest BCUT2D eigenvalue weighted by molar-refractivity contribution is 5.84. The maximum atomic E-state index is 9.14. The summed E-state index contributed by atoms with van der Waals surface area (Å²) in [5.74, 6) is 0.129. The standard InChI is InChI=1S/C13H9N2O/c16-11-3-4-12(15-8-11)10-2-1-9-5-6-14-13(9)7-10/h1-3,5-8,14,16H. The van der Waals surface area contributed by atoms with E-state index in [9.17, 15) is 0 Å². The largest absolute Gasteiger partial charge is 0.506 e. The molecule has 0 aliphatic carbocycles. The van der Waals surface area contributed by atoms with E-state index in [4.69, 9.17) is 5.11 Å². The van der Waals surface area contributed by atoms with Crippen molar-refractivity contribution in [2.24, 2.45) is 0 Å². The van der Waals surface area contributed by atoms with Crippen LogP contribution < -0.4 is 0 Å². The zero-order valence-corrected chi connectivity index (χ0v) is 8.44. The molecular formula is C13H9N2O. The predicted octanol–water partition coefficient (Wildman–Crippen LogP) is 2.74. The van der Waals surface area contributed by atoms with Gasteiger partial charge in [-0.1, -0.05) is 12.1 Å². The van der Waals surface area contributed by atoms with Crippen molar-refractivity contribution in [2.45, 2.75) is 0 Å². The van der Waals surface area contributed by atoms with Crippen molar-refractivity contribution in [3.63, 3.8) is 0 Å². The zero-order chi connectivity index (χ0) is 11.0. The minimum absolute atomic E-state index is 0.129. The molecule has 2 aromatic heterocycles. The van der Waals surface area contributed by atoms with Crippen molar-refractivity contribution in [3.8, 4) is 17.0 Å². The van der Waals surface area contributed by atoms with Crippen LogP contribution in [-0.4, -0.2) is 15.1 Å². The Morgan fingerprint density at radius 3 is 3.00 bits per heavy atom. The summed E-state index contributed by atoms with van der Waals surface area (Å²) in [6.45, 7) is 0. The minimum Gasteiger partial charge on any atom is -0.506 e. The Bertz CT molecular complexity index is 626. The summed E-state index contributed by atoms with van der Waals surface area (Å²) in [7, 11) is 0. The van der Waals surface area contributed by atoms with Crippen LogP contribution in [0.15, 0.2) is 42.7 Å². The van der Waals surface area contributed by atoms with Gasteiger partial charge in [0, 0.05) is 23.3 Å². The first-order valence-corrected chi connectivity index (χ1v) is 4.97. The number of aromatic amines is 1. The van der Waals surface area contributed by atoms with Crippen LogP contribution in [0.1, 0.15) is 0 Å². The third-order valence-corrected chi connectivity index (χ3v) is 2.51. The second-order valence-electron chi connectivity index (χ2n) is 3.60. The van der Waals surface area contributed by atoms with E-state index >= 15 is 0 Å². The third-order valence-electron chi connectivity index (χ3n) is 2.51. The Labute approximate surface area is 92.4 Å². The van der Waals surface area contributed by atoms with Gasteiger partial charge in [-0.25, -0.2) is 0 Å². The predicted molar refractivity (Wildman–Crippen MR) is 62.0 cm³/mol. The molecule has 1 aromatic carbocycles. The fourth-order valence-electron chi connectivity index (χ4n) is 1.70. The molecule has 0 amide bonds. The number of nitrogens with one attached hydrogen (secondary N) is 1. The molecule has 3 heteroatoms. The number of aromatic nitrogens is 2. The first kappa shape index (κ1) is 8.97. The fourth-order valence-corrected chi connectivity index (χ4v) is 1.70. The highest BCUT2D eigenvalue weighted by Gasteiger charge is 2.01. The van der Waals surface area contributed by atoms with Gasteiger partial charge < -0.3 is 10.1 Å². The molecule has 0 aliphatic rings. The van der Waals surface area contributed by atoms with E-state index in [1.807, 2.05) is 30.5 Å². The summed E-state index contributed by atoms with van der Waals surface area (Å²) in [4.78, 5) is 7.27. The highest BCUT2D eigenvalue weighted by Crippen LogP contribution is 2.22. The van der Waals surface area contributed by atoms with Crippen LogP contribution in [-0.2, 0) is 0 Å². The van der Waals surface area contributed by atoms with Crippen LogP contribution in [0.4, 0.5) is 0 Å². The number of fused-ring (bicyclic) bond motifs is 1. The number of H-pyrrole nitrogens is 1. The van der Waals surface area contributed by atoms with Crippen LogP contribution >= 0.6 is 0 Å². The molecule has 1 radical (unpaired) electrons. The number of hydrogen-bond donors (Lipinski definition) is 2. The first-order chi connectivity index (χ1) is 7.83. The van der Waals surface area contributed by atoms with Gasteiger partial charge in [0.2, 0.25) is 0 Å². The lowest BCUT2D eigenvalue weighted by Crippen LogP contribution is -1.82. The molecule has 0 spiro atoms. The molecule has 3 aromatic rings. The topological polar surface area (TPSA) is 48.9 Å². The van der Waals surface area contributed by atoms with Crippen molar-refractivity contribution in [2.75, 3.05) is 0 Å². The molecule has 2 heterocycles. The molecule has 0 aliphatic heterocycles. The average molecular weight is 209 g/mol. The first-order valence-electron chi connectivity index (χ1n) is 4.97. The van der Waals surface area contributed by atoms with E-state index in [0.717, 1.165) is 16.8 Å². The molecule has 77 valence electrons. The lowest BCUT2D eigenvalue weighted by atomic mass is 10.1. The molecule has 0 saturated carbocycles. The van der Waals surface area contributed by atoms with Crippen LogP contribution in [0.5, 0.6) is 5.75 Å². The van der Waals surface area contributed by atoms with Gasteiger partial charge in [0.1, 0.15) is 5.75 Å². The molecular weight excluding hydrogens is 200 g/mol. The molecule has 0 saturated heterocycles. The third kappa shape index (κ3) is 1.42. The van der Waals surface area contributed by atoms with E-state index in [0.29, 0.717) is 0 Å². The van der Waals surface area contributed by atoms with E-state index in [2.05, 4.69) is 16.0 Å². The summed E-state index contributed by atoms with van der Waals surface area (Å²) in [5.41, 5.74) is 2.78. The van der Waals surface area contributed by atoms with E-state index in [-0.39, 0.29) is 5.75 Å². The maximum Gasteiger partial charge on any atom is 0.134 e. The maximum absolute atomic E-state index is 9.14. The van der Waals surface area contributed by atoms with Crippen molar-refractivity contribution in [1.82, 2.24) is 9.97 Å². The van der Waals surface area contributed by atoms with E-state index in [1.54, 1.807) is 0 Å². The van der Waals surface area contributed by atoms with Crippen LogP contribution in [0.2, 0.25) is 0 Å². The summed E-state index contributed by atoms with van der Waals surface area (Å²) >= 11 is 0. The van der Waals surface area contributed by atoms with Gasteiger partial charge in [-0.15, -0.1) is 0 Å². The van der Waals surface area contributed by atoms with Gasteiger partial charge in [-0.3, -0.25) is 4.98 Å². The Hall–Kier alpha value is -2.29. The molecule has 3 nitrogen and oxygen atoms in total. The quantitative estimate of drug-likeness (QED) is 0.647. The number of hydrogen-bond acceptors (Lipinski definition) is 2. The lowest BCUT2D eigenvalue weighted by molar-refractivity contribution is 0.472. The van der Waals surface area contributed by atoms with Gasteiger partial charge in [0.05, 0.1) is 11.9 Å². The van der Waals surface area contributed by atoms with Crippen LogP contribution in [0.25, 0.3) is 22.2 Å². The number of benzene rings is 1. The molecule has 3 rings (SSSR count).